The predicted octanol–water partition coefficient (Wildman–Crippen LogP) is 12.6. The molecular formula is C38H34O4S6. The van der Waals surface area contributed by atoms with E-state index in [-0.39, 0.29) is 0 Å². The summed E-state index contributed by atoms with van der Waals surface area (Å²) in [6.07, 6.45) is 0. The molecule has 0 aliphatic carbocycles. The molecule has 0 spiro atoms. The molecule has 0 atom stereocenters. The maximum atomic E-state index is 6.36. The lowest BCUT2D eigenvalue weighted by Crippen LogP contribution is -2.15. The molecule has 0 unspecified atom stereocenters. The second-order valence-electron chi connectivity index (χ2n) is 12.1. The Morgan fingerprint density at radius 1 is 0.438 bits per heavy atom. The van der Waals surface area contributed by atoms with E-state index in [0.717, 1.165) is 42.5 Å². The van der Waals surface area contributed by atoms with E-state index < -0.39 is 0 Å². The van der Waals surface area contributed by atoms with Crippen LogP contribution in [0.2, 0.25) is 0 Å². The molecule has 0 bridgehead atoms. The second kappa shape index (κ2) is 13.1. The number of benzene rings is 2. The van der Waals surface area contributed by atoms with Crippen molar-refractivity contribution in [3.8, 4) is 52.3 Å². The standard InChI is InChI=1S/C38H34O4S6/c1-19-15-21(3)33(22(4)16-19)45-27-9-7-25(43-27)35-29-31(41-13-11-39-29)37(47-35)38-32-30(40-12-14-42-32)36(48-38)26-8-10-28(44-26)46-34-23(5)17-20(2)18-24(34)6/h7-10,15-18H,11-14H2,1-6H3. The van der Waals surface area contributed by atoms with Gasteiger partial charge in [0.1, 0.15) is 26.4 Å². The van der Waals surface area contributed by atoms with Gasteiger partial charge < -0.3 is 18.9 Å². The molecule has 246 valence electrons. The number of ether oxygens (including phenoxy) is 4. The van der Waals surface area contributed by atoms with Crippen molar-refractivity contribution in [1.82, 2.24) is 0 Å². The van der Waals surface area contributed by atoms with Crippen LogP contribution >= 0.6 is 68.9 Å². The van der Waals surface area contributed by atoms with Crippen molar-refractivity contribution in [2.24, 2.45) is 0 Å². The lowest BCUT2D eigenvalue weighted by Gasteiger charge is -2.18. The van der Waals surface area contributed by atoms with E-state index in [1.54, 1.807) is 45.3 Å². The minimum atomic E-state index is 0.523. The third kappa shape index (κ3) is 5.98. The Morgan fingerprint density at radius 3 is 1.12 bits per heavy atom. The van der Waals surface area contributed by atoms with Crippen molar-refractivity contribution in [3.05, 3.63) is 81.9 Å². The van der Waals surface area contributed by atoms with Crippen LogP contribution in [0.5, 0.6) is 23.0 Å². The Hall–Kier alpha value is -2.86. The third-order valence-electron chi connectivity index (χ3n) is 8.23. The molecule has 2 aromatic carbocycles. The molecule has 10 heteroatoms. The Labute approximate surface area is 306 Å². The molecule has 4 nitrogen and oxygen atoms in total. The van der Waals surface area contributed by atoms with E-state index in [1.165, 1.54) is 61.3 Å². The molecule has 0 N–H and O–H groups in total. The van der Waals surface area contributed by atoms with Crippen LogP contribution in [0.25, 0.3) is 29.3 Å². The summed E-state index contributed by atoms with van der Waals surface area (Å²) >= 11 is 10.8. The highest BCUT2D eigenvalue weighted by molar-refractivity contribution is 8.01. The molecule has 6 heterocycles. The number of hydrogen-bond acceptors (Lipinski definition) is 10. The molecule has 0 fully saturated rings. The van der Waals surface area contributed by atoms with Gasteiger partial charge in [-0.1, -0.05) is 58.9 Å². The van der Waals surface area contributed by atoms with Gasteiger partial charge in [0.15, 0.2) is 23.0 Å². The Bertz CT molecular complexity index is 1980. The lowest BCUT2D eigenvalue weighted by atomic mass is 10.1. The predicted molar refractivity (Wildman–Crippen MR) is 206 cm³/mol. The smallest absolute Gasteiger partial charge is 0.181 e. The van der Waals surface area contributed by atoms with Crippen LogP contribution in [0.4, 0.5) is 0 Å². The average Bonchev–Trinajstić information content (AvgIpc) is 3.85. The molecule has 2 aliphatic rings. The van der Waals surface area contributed by atoms with Crippen LogP contribution in [-0.4, -0.2) is 26.4 Å². The molecule has 6 aromatic rings. The van der Waals surface area contributed by atoms with E-state index in [1.807, 2.05) is 23.5 Å². The molecule has 0 saturated carbocycles. The van der Waals surface area contributed by atoms with Crippen LogP contribution in [0, 0.1) is 41.5 Å². The van der Waals surface area contributed by atoms with Gasteiger partial charge in [0.25, 0.3) is 0 Å². The van der Waals surface area contributed by atoms with Gasteiger partial charge in [0, 0.05) is 19.5 Å². The van der Waals surface area contributed by atoms with Crippen LogP contribution < -0.4 is 18.9 Å². The van der Waals surface area contributed by atoms with Crippen molar-refractivity contribution in [2.75, 3.05) is 26.4 Å². The number of fused-ring (bicyclic) bond motifs is 2. The van der Waals surface area contributed by atoms with E-state index in [2.05, 4.69) is 90.1 Å². The Kier molecular flexibility index (Phi) is 8.84. The minimum absolute atomic E-state index is 0.523. The number of aryl methyl sites for hydroxylation is 6. The van der Waals surface area contributed by atoms with Crippen molar-refractivity contribution >= 4 is 68.9 Å². The Balaban J connectivity index is 1.15. The third-order valence-corrected chi connectivity index (χ3v) is 16.2. The lowest BCUT2D eigenvalue weighted by molar-refractivity contribution is 0.172. The first-order valence-corrected chi connectivity index (χ1v) is 20.7. The van der Waals surface area contributed by atoms with Crippen LogP contribution in [0.15, 0.2) is 66.7 Å². The largest absolute Gasteiger partial charge is 0.485 e. The van der Waals surface area contributed by atoms with Gasteiger partial charge in [-0.05, 0) is 88.1 Å². The summed E-state index contributed by atoms with van der Waals surface area (Å²) < 4.78 is 27.9. The quantitative estimate of drug-likeness (QED) is 0.162. The summed E-state index contributed by atoms with van der Waals surface area (Å²) in [5.74, 6) is 3.29. The highest BCUT2D eigenvalue weighted by atomic mass is 32.2. The molecule has 48 heavy (non-hydrogen) atoms. The highest BCUT2D eigenvalue weighted by Gasteiger charge is 2.34. The summed E-state index contributed by atoms with van der Waals surface area (Å²) in [6.45, 7) is 15.2. The van der Waals surface area contributed by atoms with E-state index in [4.69, 9.17) is 18.9 Å². The topological polar surface area (TPSA) is 36.9 Å². The zero-order valence-electron chi connectivity index (χ0n) is 27.5. The van der Waals surface area contributed by atoms with Crippen molar-refractivity contribution < 1.29 is 18.9 Å². The SMILES string of the molecule is Cc1cc(C)c(Sc2ccc(-c3sc(-c4sc(-c5ccc(Sc6c(C)cc(C)cc6C)s5)c5c4OCCO5)c4c3OCCO4)s2)c(C)c1. The number of thiophene rings is 4. The number of hydrogen-bond donors (Lipinski definition) is 0. The van der Waals surface area contributed by atoms with Gasteiger partial charge in [0.05, 0.1) is 27.9 Å². The fraction of sp³-hybridized carbons (Fsp3) is 0.263. The minimum Gasteiger partial charge on any atom is -0.485 e. The molecule has 0 amide bonds. The van der Waals surface area contributed by atoms with Gasteiger partial charge in [-0.3, -0.25) is 0 Å². The first-order valence-electron chi connectivity index (χ1n) is 15.8. The molecular weight excluding hydrogens is 713 g/mol. The second-order valence-corrected chi connectivity index (χ2v) is 19.0. The maximum Gasteiger partial charge on any atom is 0.181 e. The molecule has 0 saturated heterocycles. The first-order chi connectivity index (χ1) is 23.2. The highest BCUT2D eigenvalue weighted by Crippen LogP contribution is 2.62. The van der Waals surface area contributed by atoms with Crippen molar-refractivity contribution in [1.29, 1.82) is 0 Å². The van der Waals surface area contributed by atoms with Crippen molar-refractivity contribution in [3.63, 3.8) is 0 Å². The first kappa shape index (κ1) is 32.4. The summed E-state index contributed by atoms with van der Waals surface area (Å²) in [5.41, 5.74) is 7.87. The maximum absolute atomic E-state index is 6.36. The van der Waals surface area contributed by atoms with E-state index >= 15 is 0 Å². The van der Waals surface area contributed by atoms with Gasteiger partial charge in [-0.15, -0.1) is 45.3 Å². The van der Waals surface area contributed by atoms with E-state index in [0.29, 0.717) is 26.4 Å². The van der Waals surface area contributed by atoms with Crippen LogP contribution in [-0.2, 0) is 0 Å². The Morgan fingerprint density at radius 2 is 0.771 bits per heavy atom. The van der Waals surface area contributed by atoms with E-state index in [9.17, 15) is 0 Å². The van der Waals surface area contributed by atoms with Crippen LogP contribution in [0.1, 0.15) is 33.4 Å². The molecule has 8 rings (SSSR count). The van der Waals surface area contributed by atoms with Gasteiger partial charge in [-0.25, -0.2) is 0 Å². The van der Waals surface area contributed by atoms with Crippen molar-refractivity contribution in [2.45, 2.75) is 59.8 Å². The summed E-state index contributed by atoms with van der Waals surface area (Å²) in [7, 11) is 0. The fourth-order valence-corrected chi connectivity index (χ4v) is 13.5. The monoisotopic (exact) mass is 746 g/mol. The van der Waals surface area contributed by atoms with Gasteiger partial charge in [0.2, 0.25) is 0 Å². The van der Waals surface area contributed by atoms with Gasteiger partial charge in [-0.2, -0.15) is 0 Å². The summed E-state index contributed by atoms with van der Waals surface area (Å²) in [4.78, 5) is 9.32. The average molecular weight is 747 g/mol. The van der Waals surface area contributed by atoms with Gasteiger partial charge >= 0.3 is 0 Å². The zero-order valence-corrected chi connectivity index (χ0v) is 32.4. The molecule has 4 aromatic heterocycles. The zero-order chi connectivity index (χ0) is 33.1. The summed E-state index contributed by atoms with van der Waals surface area (Å²) in [6, 6.07) is 18.0. The molecule has 0 radical (unpaired) electrons. The normalized spacial score (nSPS) is 13.7. The van der Waals surface area contributed by atoms with Crippen LogP contribution in [0.3, 0.4) is 0 Å². The summed E-state index contributed by atoms with van der Waals surface area (Å²) in [5, 5.41) is 0. The molecule has 2 aliphatic heterocycles. The fourth-order valence-electron chi connectivity index (χ4n) is 6.38. The number of rotatable bonds is 7.